The molecule has 0 radical (unpaired) electrons. The second kappa shape index (κ2) is 11.9. The number of aromatic amines is 1. The van der Waals surface area contributed by atoms with E-state index in [0.717, 1.165) is 23.2 Å². The van der Waals surface area contributed by atoms with Crippen molar-refractivity contribution in [2.45, 2.75) is 18.9 Å². The summed E-state index contributed by atoms with van der Waals surface area (Å²) in [5, 5.41) is 5.88. The van der Waals surface area contributed by atoms with Crippen LogP contribution in [0.5, 0.6) is 0 Å². The number of hydrogen-bond acceptors (Lipinski definition) is 5. The molecule has 8 N–H and O–H groups in total. The smallest absolute Gasteiger partial charge is 0.242 e. The molecule has 0 aliphatic carbocycles. The molecule has 1 heterocycles. The highest BCUT2D eigenvalue weighted by molar-refractivity contribution is 7.88. The highest BCUT2D eigenvalue weighted by Crippen LogP contribution is 2.20. The first-order valence-corrected chi connectivity index (χ1v) is 12.0. The number of rotatable bonds is 13. The Morgan fingerprint density at radius 3 is 2.53 bits per heavy atom. The van der Waals surface area contributed by atoms with Gasteiger partial charge in [-0.2, -0.15) is 0 Å². The van der Waals surface area contributed by atoms with Crippen LogP contribution < -0.4 is 26.8 Å². The van der Waals surface area contributed by atoms with E-state index in [0.29, 0.717) is 25.1 Å². The molecule has 1 aromatic carbocycles. The number of nitrogens with zero attached hydrogens (tertiary/aromatic N) is 1. The third-order valence-corrected chi connectivity index (χ3v) is 5.22. The second-order valence-corrected chi connectivity index (χ2v) is 9.07. The van der Waals surface area contributed by atoms with Gasteiger partial charge < -0.3 is 27.1 Å². The van der Waals surface area contributed by atoms with Crippen LogP contribution in [-0.4, -0.2) is 57.2 Å². The molecule has 0 saturated carbocycles. The molecule has 0 saturated heterocycles. The molecule has 0 bridgehead atoms. The monoisotopic (exact) mass is 461 g/mol. The molecule has 2 rings (SSSR count). The molecule has 0 fully saturated rings. The zero-order chi connectivity index (χ0) is 23.6. The van der Waals surface area contributed by atoms with Crippen molar-refractivity contribution in [3.63, 3.8) is 0 Å². The zero-order valence-corrected chi connectivity index (χ0v) is 18.9. The normalized spacial score (nSPS) is 12.0. The van der Waals surface area contributed by atoms with Crippen molar-refractivity contribution < 1.29 is 13.2 Å². The molecule has 0 spiro atoms. The van der Waals surface area contributed by atoms with Crippen LogP contribution in [-0.2, 0) is 14.8 Å². The van der Waals surface area contributed by atoms with Crippen LogP contribution in [0.15, 0.2) is 54.0 Å². The van der Waals surface area contributed by atoms with Gasteiger partial charge in [-0.05, 0) is 30.5 Å². The van der Waals surface area contributed by atoms with Gasteiger partial charge in [0, 0.05) is 25.3 Å². The summed E-state index contributed by atoms with van der Waals surface area (Å²) >= 11 is 0. The second-order valence-electron chi connectivity index (χ2n) is 7.23. The van der Waals surface area contributed by atoms with Gasteiger partial charge in [-0.1, -0.05) is 36.9 Å². The van der Waals surface area contributed by atoms with E-state index in [1.54, 1.807) is 0 Å². The highest BCUT2D eigenvalue weighted by atomic mass is 32.2. The van der Waals surface area contributed by atoms with Gasteiger partial charge in [0.15, 0.2) is 5.96 Å². The fourth-order valence-electron chi connectivity index (χ4n) is 2.96. The molecule has 11 heteroatoms. The van der Waals surface area contributed by atoms with E-state index < -0.39 is 16.1 Å². The molecule has 1 amide bonds. The maximum absolute atomic E-state index is 12.7. The average molecular weight is 462 g/mol. The molecular formula is C21H31N7O3S. The summed E-state index contributed by atoms with van der Waals surface area (Å²) in [6.45, 7) is 4.70. The van der Waals surface area contributed by atoms with Crippen LogP contribution in [0, 0.1) is 0 Å². The Labute approximate surface area is 188 Å². The number of carbonyl (C=O) groups is 1. The first kappa shape index (κ1) is 25.0. The number of nitrogens with one attached hydrogen (secondary N) is 4. The fourth-order valence-corrected chi connectivity index (χ4v) is 3.44. The van der Waals surface area contributed by atoms with E-state index in [1.807, 2.05) is 42.5 Å². The summed E-state index contributed by atoms with van der Waals surface area (Å²) in [4.78, 5) is 19.9. The van der Waals surface area contributed by atoms with Gasteiger partial charge in [-0.25, -0.2) is 13.1 Å². The number of H-pyrrole nitrogens is 1. The van der Waals surface area contributed by atoms with E-state index in [4.69, 9.17) is 11.5 Å². The molecule has 32 heavy (non-hydrogen) atoms. The van der Waals surface area contributed by atoms with Crippen molar-refractivity contribution in [3.8, 4) is 11.3 Å². The molecule has 10 nitrogen and oxygen atoms in total. The van der Waals surface area contributed by atoms with Crippen LogP contribution in [0.3, 0.4) is 0 Å². The van der Waals surface area contributed by atoms with Crippen LogP contribution in [0.4, 0.5) is 0 Å². The molecule has 0 unspecified atom stereocenters. The topological polar surface area (TPSA) is 167 Å². The lowest BCUT2D eigenvalue weighted by Crippen LogP contribution is -2.45. The predicted molar refractivity (Wildman–Crippen MR) is 128 cm³/mol. The van der Waals surface area contributed by atoms with Gasteiger partial charge in [0.2, 0.25) is 15.9 Å². The Bertz CT molecular complexity index is 1030. The number of hydrogen-bond donors (Lipinski definition) is 6. The Kier molecular flexibility index (Phi) is 9.29. The van der Waals surface area contributed by atoms with Gasteiger partial charge in [-0.3, -0.25) is 9.79 Å². The number of aliphatic imine (C=N–C) groups is 1. The van der Waals surface area contributed by atoms with Gasteiger partial charge in [0.25, 0.3) is 0 Å². The van der Waals surface area contributed by atoms with Crippen molar-refractivity contribution in [2.75, 3.05) is 25.9 Å². The lowest BCUT2D eigenvalue weighted by Gasteiger charge is -2.20. The van der Waals surface area contributed by atoms with Crippen LogP contribution in [0.25, 0.3) is 17.0 Å². The Morgan fingerprint density at radius 1 is 1.16 bits per heavy atom. The summed E-state index contributed by atoms with van der Waals surface area (Å²) in [5.74, 6) is -0.281. The Balaban J connectivity index is 2.01. The summed E-state index contributed by atoms with van der Waals surface area (Å²) in [5.41, 5.74) is 14.0. The van der Waals surface area contributed by atoms with Crippen molar-refractivity contribution in [2.24, 2.45) is 16.5 Å². The minimum atomic E-state index is -3.32. The van der Waals surface area contributed by atoms with Gasteiger partial charge in [0.1, 0.15) is 6.04 Å². The van der Waals surface area contributed by atoms with Crippen molar-refractivity contribution in [1.29, 1.82) is 0 Å². The summed E-state index contributed by atoms with van der Waals surface area (Å²) < 4.78 is 24.7. The summed E-state index contributed by atoms with van der Waals surface area (Å²) in [7, 11) is -3.32. The SMILES string of the molecule is C=C(N[C@@H](CCCN=C(N)N)C(=O)NCCNS(C)(=O)=O)c1ccc(-c2ccccc2)[nH]1. The molecule has 0 aliphatic heterocycles. The van der Waals surface area contributed by atoms with E-state index in [1.165, 1.54) is 0 Å². The van der Waals surface area contributed by atoms with Gasteiger partial charge in [0.05, 0.1) is 17.6 Å². The predicted octanol–water partition coefficient (Wildman–Crippen LogP) is 0.330. The van der Waals surface area contributed by atoms with Crippen LogP contribution >= 0.6 is 0 Å². The standard InChI is InChI=1S/C21H31N7O3S/c1-15(17-10-11-18(28-17)16-7-4-3-5-8-16)27-19(9-6-12-25-21(22)23)20(29)24-13-14-26-32(2,30)31/h3-5,7-8,10-11,19,26-28H,1,6,9,12-14H2,2H3,(H,24,29)(H4,22,23,25)/t19-/m0/s1. The Hall–Kier alpha value is -3.31. The van der Waals surface area contributed by atoms with Gasteiger partial charge in [-0.15, -0.1) is 0 Å². The minimum Gasteiger partial charge on any atom is -0.372 e. The number of nitrogens with two attached hydrogens (primary N) is 2. The molecule has 174 valence electrons. The van der Waals surface area contributed by atoms with Gasteiger partial charge >= 0.3 is 0 Å². The van der Waals surface area contributed by atoms with E-state index >= 15 is 0 Å². The number of benzene rings is 1. The number of sulfonamides is 1. The van der Waals surface area contributed by atoms with E-state index in [9.17, 15) is 13.2 Å². The molecule has 1 aromatic heterocycles. The van der Waals surface area contributed by atoms with Crippen molar-refractivity contribution in [3.05, 3.63) is 54.7 Å². The van der Waals surface area contributed by atoms with E-state index in [-0.39, 0.29) is 25.0 Å². The van der Waals surface area contributed by atoms with Crippen LogP contribution in [0.2, 0.25) is 0 Å². The quantitative estimate of drug-likeness (QED) is 0.143. The van der Waals surface area contributed by atoms with Crippen molar-refractivity contribution >= 4 is 27.6 Å². The summed E-state index contributed by atoms with van der Waals surface area (Å²) in [6, 6.07) is 13.1. The zero-order valence-electron chi connectivity index (χ0n) is 18.1. The maximum Gasteiger partial charge on any atom is 0.242 e. The Morgan fingerprint density at radius 2 is 1.88 bits per heavy atom. The number of carbonyl (C=O) groups excluding carboxylic acids is 1. The number of amides is 1. The molecule has 0 aliphatic rings. The lowest BCUT2D eigenvalue weighted by atomic mass is 10.1. The lowest BCUT2D eigenvalue weighted by molar-refractivity contribution is -0.122. The average Bonchev–Trinajstić information content (AvgIpc) is 3.23. The molecule has 1 atom stereocenters. The maximum atomic E-state index is 12.7. The summed E-state index contributed by atoms with van der Waals surface area (Å²) in [6.07, 6.45) is 2.08. The van der Waals surface area contributed by atoms with Crippen molar-refractivity contribution in [1.82, 2.24) is 20.3 Å². The minimum absolute atomic E-state index is 0.00459. The highest BCUT2D eigenvalue weighted by Gasteiger charge is 2.19. The van der Waals surface area contributed by atoms with Crippen LogP contribution in [0.1, 0.15) is 18.5 Å². The largest absolute Gasteiger partial charge is 0.372 e. The number of aromatic nitrogens is 1. The number of guanidine groups is 1. The first-order chi connectivity index (χ1) is 15.2. The fraction of sp³-hybridized carbons (Fsp3) is 0.333. The molecule has 2 aromatic rings. The third-order valence-electron chi connectivity index (χ3n) is 4.49. The third kappa shape index (κ3) is 8.82. The molecular weight excluding hydrogens is 430 g/mol. The van der Waals surface area contributed by atoms with E-state index in [2.05, 4.69) is 31.9 Å². The first-order valence-electron chi connectivity index (χ1n) is 10.1.